The van der Waals surface area contributed by atoms with Gasteiger partial charge in [0.25, 0.3) is 0 Å². The van der Waals surface area contributed by atoms with Crippen molar-refractivity contribution in [3.8, 4) is 11.3 Å². The Labute approximate surface area is 103 Å². The molecule has 0 aliphatic carbocycles. The minimum atomic E-state index is -0.295. The number of anilines is 1. The molecule has 0 unspecified atom stereocenters. The minimum absolute atomic E-state index is 0.295. The van der Waals surface area contributed by atoms with Crippen LogP contribution in [0, 0.1) is 5.82 Å². The van der Waals surface area contributed by atoms with Crippen LogP contribution in [-0.2, 0) is 0 Å². The monoisotopic (exact) mass is 239 g/mol. The molecule has 0 aliphatic heterocycles. The van der Waals surface area contributed by atoms with Gasteiger partial charge in [0.15, 0.2) is 0 Å². The summed E-state index contributed by atoms with van der Waals surface area (Å²) in [6.07, 6.45) is 3.30. The number of rotatable bonds is 1. The molecule has 3 aromatic rings. The Morgan fingerprint density at radius 1 is 1.06 bits per heavy atom. The first-order valence-corrected chi connectivity index (χ1v) is 5.51. The van der Waals surface area contributed by atoms with Crippen molar-refractivity contribution >= 4 is 16.6 Å². The van der Waals surface area contributed by atoms with Crippen molar-refractivity contribution in [3.63, 3.8) is 0 Å². The van der Waals surface area contributed by atoms with E-state index in [1.165, 1.54) is 6.07 Å². The number of fused-ring (bicyclic) bond motifs is 1. The van der Waals surface area contributed by atoms with Crippen LogP contribution in [0.3, 0.4) is 0 Å². The molecule has 4 heteroatoms. The third-order valence-corrected chi connectivity index (χ3v) is 2.78. The first kappa shape index (κ1) is 10.7. The smallest absolute Gasteiger partial charge is 0.132 e. The Bertz CT molecular complexity index is 725. The molecule has 2 aromatic heterocycles. The fraction of sp³-hybridized carbons (Fsp3) is 0. The molecular formula is C14H10FN3. The van der Waals surface area contributed by atoms with E-state index in [0.717, 1.165) is 0 Å². The molecule has 2 heterocycles. The summed E-state index contributed by atoms with van der Waals surface area (Å²) in [5, 5.41) is 0.472. The Morgan fingerprint density at radius 2 is 1.94 bits per heavy atom. The topological polar surface area (TPSA) is 51.8 Å². The highest BCUT2D eigenvalue weighted by Gasteiger charge is 2.07. The van der Waals surface area contributed by atoms with Gasteiger partial charge in [0, 0.05) is 23.3 Å². The lowest BCUT2D eigenvalue weighted by Crippen LogP contribution is -1.93. The Kier molecular flexibility index (Phi) is 2.41. The van der Waals surface area contributed by atoms with Crippen molar-refractivity contribution < 1.29 is 4.39 Å². The van der Waals surface area contributed by atoms with Crippen LogP contribution in [0.2, 0.25) is 0 Å². The Hall–Kier alpha value is -2.49. The van der Waals surface area contributed by atoms with Gasteiger partial charge in [-0.1, -0.05) is 6.07 Å². The van der Waals surface area contributed by atoms with Crippen molar-refractivity contribution in [1.29, 1.82) is 0 Å². The lowest BCUT2D eigenvalue weighted by Gasteiger charge is -2.05. The molecule has 0 amide bonds. The average Bonchev–Trinajstić information content (AvgIpc) is 2.40. The van der Waals surface area contributed by atoms with Gasteiger partial charge < -0.3 is 5.73 Å². The number of halogens is 1. The summed E-state index contributed by atoms with van der Waals surface area (Å²) in [7, 11) is 0. The first-order valence-electron chi connectivity index (χ1n) is 5.51. The molecule has 1 aromatic carbocycles. The Balaban J connectivity index is 2.26. The highest BCUT2D eigenvalue weighted by atomic mass is 19.1. The second-order valence-corrected chi connectivity index (χ2v) is 3.97. The van der Waals surface area contributed by atoms with Crippen molar-refractivity contribution in [1.82, 2.24) is 9.97 Å². The number of benzene rings is 1. The van der Waals surface area contributed by atoms with Crippen LogP contribution in [-0.4, -0.2) is 9.97 Å². The van der Waals surface area contributed by atoms with Crippen molar-refractivity contribution in [2.75, 3.05) is 5.73 Å². The van der Waals surface area contributed by atoms with Crippen molar-refractivity contribution in [2.45, 2.75) is 0 Å². The summed E-state index contributed by atoms with van der Waals surface area (Å²) in [6, 6.07) is 10.1. The van der Waals surface area contributed by atoms with Gasteiger partial charge >= 0.3 is 0 Å². The molecular weight excluding hydrogens is 229 g/mol. The fourth-order valence-electron chi connectivity index (χ4n) is 1.90. The lowest BCUT2D eigenvalue weighted by atomic mass is 10.1. The predicted molar refractivity (Wildman–Crippen MR) is 69.3 cm³/mol. The van der Waals surface area contributed by atoms with Crippen molar-refractivity contribution in [3.05, 3.63) is 54.6 Å². The summed E-state index contributed by atoms with van der Waals surface area (Å²) in [4.78, 5) is 8.42. The Morgan fingerprint density at radius 3 is 2.78 bits per heavy atom. The lowest BCUT2D eigenvalue weighted by molar-refractivity contribution is 0.639. The molecule has 0 fully saturated rings. The van der Waals surface area contributed by atoms with Gasteiger partial charge in [-0.15, -0.1) is 0 Å². The number of aromatic nitrogens is 2. The third kappa shape index (κ3) is 1.68. The van der Waals surface area contributed by atoms with Crippen LogP contribution in [0.1, 0.15) is 0 Å². The van der Waals surface area contributed by atoms with Gasteiger partial charge in [0.05, 0.1) is 16.9 Å². The van der Waals surface area contributed by atoms with Crippen LogP contribution in [0.4, 0.5) is 10.1 Å². The number of hydrogen-bond acceptors (Lipinski definition) is 3. The normalized spacial score (nSPS) is 10.7. The summed E-state index contributed by atoms with van der Waals surface area (Å²) in [5.41, 5.74) is 8.35. The number of pyridine rings is 2. The zero-order valence-electron chi connectivity index (χ0n) is 9.47. The molecule has 0 radical (unpaired) electrons. The van der Waals surface area contributed by atoms with E-state index in [1.807, 2.05) is 0 Å². The molecule has 2 N–H and O–H groups in total. The first-order chi connectivity index (χ1) is 8.75. The molecule has 0 saturated heterocycles. The molecule has 18 heavy (non-hydrogen) atoms. The van der Waals surface area contributed by atoms with E-state index < -0.39 is 0 Å². The van der Waals surface area contributed by atoms with E-state index >= 15 is 0 Å². The predicted octanol–water partition coefficient (Wildman–Crippen LogP) is 3.02. The molecule has 0 saturated carbocycles. The van der Waals surface area contributed by atoms with Gasteiger partial charge in [-0.25, -0.2) is 4.39 Å². The second kappa shape index (κ2) is 4.07. The molecule has 3 rings (SSSR count). The zero-order valence-corrected chi connectivity index (χ0v) is 9.47. The van der Waals surface area contributed by atoms with Crippen LogP contribution < -0.4 is 5.73 Å². The van der Waals surface area contributed by atoms with E-state index in [2.05, 4.69) is 9.97 Å². The maximum Gasteiger partial charge on any atom is 0.132 e. The summed E-state index contributed by atoms with van der Waals surface area (Å²) in [5.74, 6) is -0.295. The fourth-order valence-corrected chi connectivity index (χ4v) is 1.90. The average molecular weight is 239 g/mol. The molecule has 0 spiro atoms. The van der Waals surface area contributed by atoms with E-state index in [1.54, 1.807) is 42.7 Å². The maximum atomic E-state index is 13.7. The van der Waals surface area contributed by atoms with Gasteiger partial charge in [-0.3, -0.25) is 9.97 Å². The molecule has 88 valence electrons. The standard InChI is InChI=1S/C14H10FN3/c15-11-3-1-5-13-10(11)7-9(8-18-13)14-12(16)4-2-6-17-14/h1-8H,16H2. The van der Waals surface area contributed by atoms with E-state index in [9.17, 15) is 4.39 Å². The molecule has 3 nitrogen and oxygen atoms in total. The third-order valence-electron chi connectivity index (χ3n) is 2.78. The van der Waals surface area contributed by atoms with Gasteiger partial charge in [-0.2, -0.15) is 0 Å². The molecule has 0 aliphatic rings. The number of nitrogen functional groups attached to an aromatic ring is 1. The maximum absolute atomic E-state index is 13.7. The van der Waals surface area contributed by atoms with Gasteiger partial charge in [0.2, 0.25) is 0 Å². The van der Waals surface area contributed by atoms with E-state index in [4.69, 9.17) is 5.73 Å². The highest BCUT2D eigenvalue weighted by molar-refractivity contribution is 5.85. The quantitative estimate of drug-likeness (QED) is 0.710. The van der Waals surface area contributed by atoms with Gasteiger partial charge in [-0.05, 0) is 30.3 Å². The van der Waals surface area contributed by atoms with Crippen LogP contribution in [0.5, 0.6) is 0 Å². The van der Waals surface area contributed by atoms with Gasteiger partial charge in [0.1, 0.15) is 5.82 Å². The number of nitrogens with two attached hydrogens (primary N) is 1. The number of nitrogens with zero attached hydrogens (tertiary/aromatic N) is 2. The van der Waals surface area contributed by atoms with Crippen molar-refractivity contribution in [2.24, 2.45) is 0 Å². The minimum Gasteiger partial charge on any atom is -0.397 e. The number of hydrogen-bond donors (Lipinski definition) is 1. The summed E-state index contributed by atoms with van der Waals surface area (Å²) < 4.78 is 13.7. The van der Waals surface area contributed by atoms with Crippen LogP contribution in [0.25, 0.3) is 22.2 Å². The summed E-state index contributed by atoms with van der Waals surface area (Å²) in [6.45, 7) is 0. The molecule has 0 atom stereocenters. The van der Waals surface area contributed by atoms with E-state index in [-0.39, 0.29) is 5.82 Å². The van der Waals surface area contributed by atoms with Crippen LogP contribution >= 0.6 is 0 Å². The SMILES string of the molecule is Nc1cccnc1-c1cnc2cccc(F)c2c1. The van der Waals surface area contributed by atoms with Crippen LogP contribution in [0.15, 0.2) is 48.8 Å². The molecule has 0 bridgehead atoms. The largest absolute Gasteiger partial charge is 0.397 e. The summed E-state index contributed by atoms with van der Waals surface area (Å²) >= 11 is 0. The van der Waals surface area contributed by atoms with E-state index in [0.29, 0.717) is 27.8 Å². The second-order valence-electron chi connectivity index (χ2n) is 3.97. The zero-order chi connectivity index (χ0) is 12.5. The highest BCUT2D eigenvalue weighted by Crippen LogP contribution is 2.26.